The van der Waals surface area contributed by atoms with Crippen LogP contribution in [-0.4, -0.2) is 27.2 Å². The van der Waals surface area contributed by atoms with Gasteiger partial charge in [-0.05, 0) is 65.8 Å². The van der Waals surface area contributed by atoms with E-state index in [4.69, 9.17) is 31.2 Å². The monoisotopic (exact) mass is 678 g/mol. The molecule has 1 unspecified atom stereocenters. The van der Waals surface area contributed by atoms with Crippen LogP contribution in [0.3, 0.4) is 0 Å². The van der Waals surface area contributed by atoms with E-state index < -0.39 is 6.04 Å². The highest BCUT2D eigenvalue weighted by Crippen LogP contribution is 2.47. The molecule has 7 nitrogen and oxygen atoms in total. The van der Waals surface area contributed by atoms with Crippen LogP contribution in [-0.2, 0) is 17.2 Å². The first-order valence-corrected chi connectivity index (χ1v) is 16.4. The summed E-state index contributed by atoms with van der Waals surface area (Å²) in [6.07, 6.45) is 1.21. The summed E-state index contributed by atoms with van der Waals surface area (Å²) in [6.45, 7) is 7.08. The lowest BCUT2D eigenvalue weighted by Crippen LogP contribution is -2.36. The SMILES string of the molecule is CCOc1cc(C2C3=C(CC(C)(C)CC3=O)Nc3nc(SCc4ccccc4Cl)nn32)ccc1OCc1ccc(Br)cc1. The molecular weight excluding hydrogens is 648 g/mol. The highest BCUT2D eigenvalue weighted by Gasteiger charge is 2.42. The van der Waals surface area contributed by atoms with Crippen molar-refractivity contribution in [2.75, 3.05) is 11.9 Å². The van der Waals surface area contributed by atoms with Crippen molar-refractivity contribution < 1.29 is 14.3 Å². The second-order valence-corrected chi connectivity index (χ2v) is 13.7. The number of hydrogen-bond donors (Lipinski definition) is 1. The molecule has 1 aliphatic carbocycles. The van der Waals surface area contributed by atoms with Gasteiger partial charge in [-0.3, -0.25) is 4.79 Å². The van der Waals surface area contributed by atoms with Crippen LogP contribution in [0.1, 0.15) is 56.3 Å². The Morgan fingerprint density at radius 3 is 2.63 bits per heavy atom. The molecule has 1 N–H and O–H groups in total. The van der Waals surface area contributed by atoms with Gasteiger partial charge in [-0.1, -0.05) is 89.5 Å². The molecule has 0 saturated heterocycles. The molecule has 1 aliphatic heterocycles. The van der Waals surface area contributed by atoms with Crippen LogP contribution in [0.5, 0.6) is 11.5 Å². The van der Waals surface area contributed by atoms with Crippen molar-refractivity contribution >= 4 is 51.0 Å². The summed E-state index contributed by atoms with van der Waals surface area (Å²) < 4.78 is 15.1. The number of allylic oxidation sites excluding steroid dienone is 2. The molecule has 0 radical (unpaired) electrons. The number of hydrogen-bond acceptors (Lipinski definition) is 7. The van der Waals surface area contributed by atoms with E-state index in [0.717, 1.165) is 38.9 Å². The normalized spacial score (nSPS) is 17.2. The Hall–Kier alpha value is -3.27. The Labute approximate surface area is 269 Å². The van der Waals surface area contributed by atoms with Crippen LogP contribution in [0.4, 0.5) is 5.95 Å². The number of benzene rings is 3. The Morgan fingerprint density at radius 1 is 1.07 bits per heavy atom. The van der Waals surface area contributed by atoms with Gasteiger partial charge in [-0.25, -0.2) is 4.68 Å². The highest BCUT2D eigenvalue weighted by atomic mass is 79.9. The lowest BCUT2D eigenvalue weighted by molar-refractivity contribution is -0.118. The first-order chi connectivity index (χ1) is 20.7. The molecule has 0 fully saturated rings. The number of ether oxygens (including phenoxy) is 2. The van der Waals surface area contributed by atoms with E-state index in [2.05, 4.69) is 35.1 Å². The van der Waals surface area contributed by atoms with Crippen molar-refractivity contribution in [3.05, 3.63) is 104 Å². The summed E-state index contributed by atoms with van der Waals surface area (Å²) in [5, 5.41) is 9.68. The van der Waals surface area contributed by atoms with Crippen LogP contribution in [0.15, 0.2) is 87.6 Å². The third-order valence-corrected chi connectivity index (χ3v) is 9.30. The number of rotatable bonds is 9. The zero-order valence-electron chi connectivity index (χ0n) is 24.2. The first-order valence-electron chi connectivity index (χ1n) is 14.2. The molecule has 1 aromatic heterocycles. The maximum atomic E-state index is 13.7. The standard InChI is InChI=1S/C33H32BrClN4O3S/c1-4-41-28-15-21(11-14-27(28)42-18-20-9-12-23(34)13-10-20)30-29-25(16-33(2,3)17-26(29)40)36-31-37-32(38-39(30)31)43-19-22-7-5-6-8-24(22)35/h5-15,30H,4,16-19H2,1-3H3,(H,36,37,38). The predicted molar refractivity (Wildman–Crippen MR) is 174 cm³/mol. The quantitative estimate of drug-likeness (QED) is 0.178. The average molecular weight is 680 g/mol. The van der Waals surface area contributed by atoms with Gasteiger partial charge in [-0.2, -0.15) is 4.98 Å². The molecule has 6 rings (SSSR count). The number of fused-ring (bicyclic) bond motifs is 1. The number of thioether (sulfide) groups is 1. The summed E-state index contributed by atoms with van der Waals surface area (Å²) in [4.78, 5) is 18.6. The smallest absolute Gasteiger partial charge is 0.227 e. The van der Waals surface area contributed by atoms with Crippen LogP contribution >= 0.6 is 39.3 Å². The molecule has 2 heterocycles. The van der Waals surface area contributed by atoms with Gasteiger partial charge in [0.1, 0.15) is 12.6 Å². The second-order valence-electron chi connectivity index (χ2n) is 11.5. The van der Waals surface area contributed by atoms with Crippen LogP contribution in [0.25, 0.3) is 0 Å². The van der Waals surface area contributed by atoms with E-state index >= 15 is 0 Å². The van der Waals surface area contributed by atoms with Crippen molar-refractivity contribution in [3.63, 3.8) is 0 Å². The van der Waals surface area contributed by atoms with E-state index in [-0.39, 0.29) is 11.2 Å². The molecule has 0 amide bonds. The number of nitrogens with one attached hydrogen (secondary N) is 1. The Balaban J connectivity index is 1.35. The summed E-state index contributed by atoms with van der Waals surface area (Å²) in [6, 6.07) is 21.2. The number of nitrogens with zero attached hydrogens (tertiary/aromatic N) is 3. The molecule has 0 spiro atoms. The molecule has 0 saturated carbocycles. The average Bonchev–Trinajstić information content (AvgIpc) is 3.38. The number of ketones is 1. The Kier molecular flexibility index (Phi) is 8.58. The molecule has 1 atom stereocenters. The minimum absolute atomic E-state index is 0.115. The second kappa shape index (κ2) is 12.4. The van der Waals surface area contributed by atoms with Crippen molar-refractivity contribution in [2.45, 2.75) is 57.2 Å². The Bertz CT molecular complexity index is 1700. The van der Waals surface area contributed by atoms with Gasteiger partial charge in [0.15, 0.2) is 17.3 Å². The molecule has 43 heavy (non-hydrogen) atoms. The molecule has 222 valence electrons. The fourth-order valence-electron chi connectivity index (χ4n) is 5.54. The van der Waals surface area contributed by atoms with E-state index in [1.807, 2.05) is 78.3 Å². The summed E-state index contributed by atoms with van der Waals surface area (Å²) in [5.74, 6) is 2.62. The lowest BCUT2D eigenvalue weighted by atomic mass is 9.73. The van der Waals surface area contributed by atoms with Gasteiger partial charge in [0.2, 0.25) is 11.1 Å². The van der Waals surface area contributed by atoms with Crippen molar-refractivity contribution in [2.24, 2.45) is 5.41 Å². The number of anilines is 1. The van der Waals surface area contributed by atoms with E-state index in [0.29, 0.717) is 53.0 Å². The highest BCUT2D eigenvalue weighted by molar-refractivity contribution is 9.10. The van der Waals surface area contributed by atoms with Gasteiger partial charge in [0.05, 0.1) is 6.61 Å². The summed E-state index contributed by atoms with van der Waals surface area (Å²) >= 11 is 11.4. The lowest BCUT2D eigenvalue weighted by Gasteiger charge is -2.38. The molecule has 4 aromatic rings. The van der Waals surface area contributed by atoms with Crippen molar-refractivity contribution in [3.8, 4) is 11.5 Å². The van der Waals surface area contributed by atoms with Gasteiger partial charge < -0.3 is 14.8 Å². The largest absolute Gasteiger partial charge is 0.490 e. The number of halogens is 2. The van der Waals surface area contributed by atoms with Gasteiger partial charge in [0.25, 0.3) is 0 Å². The topological polar surface area (TPSA) is 78.3 Å². The third kappa shape index (κ3) is 6.49. The fourth-order valence-corrected chi connectivity index (χ4v) is 6.92. The molecule has 0 bridgehead atoms. The fraction of sp³-hybridized carbons (Fsp3) is 0.303. The van der Waals surface area contributed by atoms with Crippen LogP contribution < -0.4 is 14.8 Å². The van der Waals surface area contributed by atoms with Gasteiger partial charge >= 0.3 is 0 Å². The number of aromatic nitrogens is 3. The number of carbonyl (C=O) groups excluding carboxylic acids is 1. The predicted octanol–water partition coefficient (Wildman–Crippen LogP) is 8.62. The van der Waals surface area contributed by atoms with E-state index in [9.17, 15) is 4.79 Å². The first kappa shape index (κ1) is 29.8. The van der Waals surface area contributed by atoms with Gasteiger partial charge in [-0.15, -0.1) is 5.10 Å². The molecular formula is C33H32BrClN4O3S. The zero-order valence-corrected chi connectivity index (χ0v) is 27.4. The van der Waals surface area contributed by atoms with Crippen molar-refractivity contribution in [1.82, 2.24) is 14.8 Å². The molecule has 2 aliphatic rings. The number of Topliss-reactive ketones (excluding diaryl/α,β-unsaturated/α-hetero) is 1. The summed E-state index contributed by atoms with van der Waals surface area (Å²) in [7, 11) is 0. The molecule has 10 heteroatoms. The minimum Gasteiger partial charge on any atom is -0.490 e. The zero-order chi connectivity index (χ0) is 30.1. The van der Waals surface area contributed by atoms with E-state index in [1.165, 1.54) is 11.8 Å². The maximum Gasteiger partial charge on any atom is 0.227 e. The molecule has 3 aromatic carbocycles. The maximum absolute atomic E-state index is 13.7. The van der Waals surface area contributed by atoms with Crippen LogP contribution in [0.2, 0.25) is 5.02 Å². The third-order valence-electron chi connectivity index (χ3n) is 7.52. The van der Waals surface area contributed by atoms with Crippen LogP contribution in [0, 0.1) is 5.41 Å². The van der Waals surface area contributed by atoms with E-state index in [1.54, 1.807) is 0 Å². The summed E-state index contributed by atoms with van der Waals surface area (Å²) in [5.41, 5.74) is 4.43. The number of carbonyl (C=O) groups is 1. The Morgan fingerprint density at radius 2 is 1.86 bits per heavy atom. The minimum atomic E-state index is -0.447. The van der Waals surface area contributed by atoms with Gasteiger partial charge in [0, 0.05) is 32.9 Å². The van der Waals surface area contributed by atoms with Crippen molar-refractivity contribution in [1.29, 1.82) is 0 Å².